The Morgan fingerprint density at radius 1 is 1.00 bits per heavy atom. The lowest BCUT2D eigenvalue weighted by atomic mass is 10.1. The van der Waals surface area contributed by atoms with E-state index >= 15 is 0 Å². The Kier molecular flexibility index (Phi) is 3.28. The number of nitrogens with two attached hydrogens (primary N) is 1. The normalized spacial score (nSPS) is 15.7. The molecule has 0 aliphatic carbocycles. The molecule has 1 aliphatic rings. The van der Waals surface area contributed by atoms with Crippen molar-refractivity contribution in [3.05, 3.63) is 70.6 Å². The fourth-order valence-corrected chi connectivity index (χ4v) is 3.57. The maximum absolute atomic E-state index is 12.7. The Hall–Kier alpha value is -2.91. The Bertz CT molecular complexity index is 952. The third kappa shape index (κ3) is 2.08. The van der Waals surface area contributed by atoms with E-state index in [-0.39, 0.29) is 16.4 Å². The number of sulfone groups is 1. The van der Waals surface area contributed by atoms with Gasteiger partial charge in [-0.1, -0.05) is 42.5 Å². The van der Waals surface area contributed by atoms with Crippen molar-refractivity contribution in [1.82, 2.24) is 0 Å². The predicted molar refractivity (Wildman–Crippen MR) is 83.3 cm³/mol. The zero-order chi connectivity index (χ0) is 15.7. The van der Waals surface area contributed by atoms with Gasteiger partial charge in [-0.25, -0.2) is 13.4 Å². The quantitative estimate of drug-likeness (QED) is 0.859. The lowest BCUT2D eigenvalue weighted by Gasteiger charge is -2.05. The Morgan fingerprint density at radius 3 is 2.23 bits per heavy atom. The summed E-state index contributed by atoms with van der Waals surface area (Å²) in [5.74, 6) is 0.210. The first-order chi connectivity index (χ1) is 10.6. The van der Waals surface area contributed by atoms with Gasteiger partial charge in [-0.05, 0) is 12.1 Å². The molecule has 0 saturated heterocycles. The molecular weight excluding hydrogens is 298 g/mol. The number of fused-ring (bicyclic) bond motifs is 1. The molecule has 6 heteroatoms. The summed E-state index contributed by atoms with van der Waals surface area (Å²) >= 11 is 0. The number of rotatable bonds is 2. The van der Waals surface area contributed by atoms with Crippen LogP contribution in [0.2, 0.25) is 0 Å². The first kappa shape index (κ1) is 14.0. The van der Waals surface area contributed by atoms with Crippen molar-refractivity contribution >= 4 is 21.4 Å². The van der Waals surface area contributed by atoms with E-state index in [1.165, 1.54) is 12.1 Å². The van der Waals surface area contributed by atoms with Crippen LogP contribution in [-0.4, -0.2) is 14.3 Å². The average molecular weight is 309 g/mol. The molecule has 0 amide bonds. The fourth-order valence-electron chi connectivity index (χ4n) is 2.28. The number of amidine groups is 1. The van der Waals surface area contributed by atoms with Crippen LogP contribution in [0.15, 0.2) is 69.4 Å². The second-order valence-electron chi connectivity index (χ2n) is 4.65. The minimum Gasteiger partial charge on any atom is -0.383 e. The van der Waals surface area contributed by atoms with Gasteiger partial charge in [0.05, 0.1) is 4.90 Å². The molecule has 1 heterocycles. The van der Waals surface area contributed by atoms with Crippen LogP contribution in [0.1, 0.15) is 11.1 Å². The third-order valence-electron chi connectivity index (χ3n) is 3.33. The van der Waals surface area contributed by atoms with Crippen molar-refractivity contribution in [3.63, 3.8) is 0 Å². The van der Waals surface area contributed by atoms with Gasteiger partial charge in [0.2, 0.25) is 9.84 Å². The van der Waals surface area contributed by atoms with Crippen LogP contribution in [0.4, 0.5) is 0 Å². The monoisotopic (exact) mass is 309 g/mol. The van der Waals surface area contributed by atoms with Crippen LogP contribution in [0.3, 0.4) is 0 Å². The molecule has 0 unspecified atom stereocenters. The van der Waals surface area contributed by atoms with Crippen molar-refractivity contribution in [3.8, 4) is 6.07 Å². The lowest BCUT2D eigenvalue weighted by molar-refractivity contribution is 0.603. The van der Waals surface area contributed by atoms with Crippen molar-refractivity contribution in [2.75, 3.05) is 0 Å². The van der Waals surface area contributed by atoms with E-state index < -0.39 is 14.7 Å². The van der Waals surface area contributed by atoms with Crippen molar-refractivity contribution < 1.29 is 8.42 Å². The molecule has 5 nitrogen and oxygen atoms in total. The van der Waals surface area contributed by atoms with Crippen LogP contribution in [-0.2, 0) is 9.84 Å². The molecule has 1 aliphatic heterocycles. The summed E-state index contributed by atoms with van der Waals surface area (Å²) < 4.78 is 25.4. The first-order valence-electron chi connectivity index (χ1n) is 6.44. The minimum atomic E-state index is -3.94. The van der Waals surface area contributed by atoms with Crippen molar-refractivity contribution in [1.29, 1.82) is 5.26 Å². The molecule has 0 fully saturated rings. The smallest absolute Gasteiger partial charge is 0.218 e. The van der Waals surface area contributed by atoms with Crippen LogP contribution in [0, 0.1) is 11.3 Å². The van der Waals surface area contributed by atoms with E-state index in [1.807, 2.05) is 0 Å². The summed E-state index contributed by atoms with van der Waals surface area (Å²) in [7, 11) is -3.94. The molecule has 2 aromatic rings. The summed E-state index contributed by atoms with van der Waals surface area (Å²) in [5.41, 5.74) is 7.10. The van der Waals surface area contributed by atoms with Gasteiger partial charge in [-0.3, -0.25) is 0 Å². The highest BCUT2D eigenvalue weighted by atomic mass is 32.2. The van der Waals surface area contributed by atoms with Crippen molar-refractivity contribution in [2.24, 2.45) is 10.7 Å². The highest BCUT2D eigenvalue weighted by molar-refractivity contribution is 7.95. The van der Waals surface area contributed by atoms with Crippen LogP contribution >= 0.6 is 0 Å². The van der Waals surface area contributed by atoms with Gasteiger partial charge < -0.3 is 5.73 Å². The van der Waals surface area contributed by atoms with Gasteiger partial charge in [0.1, 0.15) is 17.6 Å². The van der Waals surface area contributed by atoms with Gasteiger partial charge >= 0.3 is 0 Å². The van der Waals surface area contributed by atoms with E-state index in [0.717, 1.165) is 0 Å². The number of nitriles is 1. The highest BCUT2D eigenvalue weighted by Crippen LogP contribution is 2.33. The van der Waals surface area contributed by atoms with Gasteiger partial charge in [-0.15, -0.1) is 0 Å². The SMILES string of the molecule is N#C/C(=C1/N=C(N)c2ccccc21)S(=O)(=O)c1ccccc1. The molecule has 0 radical (unpaired) electrons. The molecule has 0 spiro atoms. The van der Waals surface area contributed by atoms with Crippen LogP contribution in [0.25, 0.3) is 5.70 Å². The number of allylic oxidation sites excluding steroid dienone is 1. The second-order valence-corrected chi connectivity index (χ2v) is 6.54. The predicted octanol–water partition coefficient (Wildman–Crippen LogP) is 2.07. The Balaban J connectivity index is 2.29. The van der Waals surface area contributed by atoms with Crippen molar-refractivity contribution in [2.45, 2.75) is 4.90 Å². The maximum Gasteiger partial charge on any atom is 0.218 e. The van der Waals surface area contributed by atoms with E-state index in [4.69, 9.17) is 5.73 Å². The van der Waals surface area contributed by atoms with E-state index in [2.05, 4.69) is 4.99 Å². The maximum atomic E-state index is 12.7. The van der Waals surface area contributed by atoms with Crippen LogP contribution in [0.5, 0.6) is 0 Å². The summed E-state index contributed by atoms with van der Waals surface area (Å²) in [6.45, 7) is 0. The van der Waals surface area contributed by atoms with Crippen LogP contribution < -0.4 is 5.73 Å². The fraction of sp³-hybridized carbons (Fsp3) is 0. The van der Waals surface area contributed by atoms with Gasteiger partial charge in [0.15, 0.2) is 4.91 Å². The molecule has 0 aromatic heterocycles. The number of benzene rings is 2. The Labute approximate surface area is 128 Å². The molecule has 0 bridgehead atoms. The molecule has 2 aromatic carbocycles. The number of hydrogen-bond donors (Lipinski definition) is 1. The average Bonchev–Trinajstić information content (AvgIpc) is 2.86. The molecule has 3 rings (SSSR count). The van der Waals surface area contributed by atoms with Gasteiger partial charge in [0, 0.05) is 11.1 Å². The van der Waals surface area contributed by atoms with E-state index in [1.54, 1.807) is 48.5 Å². The van der Waals surface area contributed by atoms with Gasteiger partial charge in [-0.2, -0.15) is 5.26 Å². The zero-order valence-electron chi connectivity index (χ0n) is 11.4. The molecule has 0 saturated carbocycles. The summed E-state index contributed by atoms with van der Waals surface area (Å²) in [6, 6.07) is 16.5. The summed E-state index contributed by atoms with van der Waals surface area (Å²) in [6.07, 6.45) is 0. The second kappa shape index (κ2) is 5.13. The van der Waals surface area contributed by atoms with Gasteiger partial charge in [0.25, 0.3) is 0 Å². The molecule has 2 N–H and O–H groups in total. The standard InChI is InChI=1S/C16H11N3O2S/c17-10-14(22(20,21)11-6-2-1-3-7-11)15-12-8-4-5-9-13(12)16(18)19-15/h1-9H,(H2,18,19)/b15-14-. The molecule has 0 atom stereocenters. The molecule has 108 valence electrons. The third-order valence-corrected chi connectivity index (χ3v) is 5.04. The minimum absolute atomic E-state index is 0.0530. The highest BCUT2D eigenvalue weighted by Gasteiger charge is 2.29. The number of aliphatic imine (C=N–C) groups is 1. The Morgan fingerprint density at radius 2 is 1.59 bits per heavy atom. The molecule has 22 heavy (non-hydrogen) atoms. The zero-order valence-corrected chi connectivity index (χ0v) is 12.2. The van der Waals surface area contributed by atoms with E-state index in [9.17, 15) is 13.7 Å². The lowest BCUT2D eigenvalue weighted by Crippen LogP contribution is -2.09. The summed E-state index contributed by atoms with van der Waals surface area (Å²) in [5, 5.41) is 9.40. The topological polar surface area (TPSA) is 96.3 Å². The summed E-state index contributed by atoms with van der Waals surface area (Å²) in [4.78, 5) is 3.75. The largest absolute Gasteiger partial charge is 0.383 e. The van der Waals surface area contributed by atoms with E-state index in [0.29, 0.717) is 11.1 Å². The number of hydrogen-bond acceptors (Lipinski definition) is 5. The molecular formula is C16H11N3O2S. The number of nitrogens with zero attached hydrogens (tertiary/aromatic N) is 2. The first-order valence-corrected chi connectivity index (χ1v) is 7.92.